The van der Waals surface area contributed by atoms with Gasteiger partial charge in [0.1, 0.15) is 10.5 Å². The first-order valence-corrected chi connectivity index (χ1v) is 8.41. The van der Waals surface area contributed by atoms with Crippen molar-refractivity contribution < 1.29 is 4.79 Å². The van der Waals surface area contributed by atoms with Crippen molar-refractivity contribution in [1.82, 2.24) is 25.3 Å². The van der Waals surface area contributed by atoms with E-state index in [9.17, 15) is 4.79 Å². The summed E-state index contributed by atoms with van der Waals surface area (Å²) in [7, 11) is 0. The minimum atomic E-state index is -0.647. The van der Waals surface area contributed by atoms with Crippen molar-refractivity contribution >= 4 is 34.8 Å². The van der Waals surface area contributed by atoms with Gasteiger partial charge in [0.05, 0.1) is 0 Å². The zero-order valence-corrected chi connectivity index (χ0v) is 14.6. The molecule has 2 aromatic heterocycles. The number of anilines is 1. The Kier molecular flexibility index (Phi) is 6.09. The van der Waals surface area contributed by atoms with Crippen LogP contribution >= 0.6 is 23.7 Å². The summed E-state index contributed by atoms with van der Waals surface area (Å²) in [4.78, 5) is 12.9. The standard InChI is InChI=1S/C14H20N6OS.ClH/c1-2-4-11-18-19-13(22-11)17-12(21)14(5-8-15-9-6-14)20-10-3-7-16-20;/h3,7,10,15H,2,4-6,8-9H2,1H3,(H,17,19,21);1H. The molecule has 0 aromatic carbocycles. The Balaban J connectivity index is 0.00000192. The number of hydrogen-bond donors (Lipinski definition) is 2. The smallest absolute Gasteiger partial charge is 0.254 e. The molecule has 23 heavy (non-hydrogen) atoms. The second-order valence-corrected chi connectivity index (χ2v) is 6.50. The van der Waals surface area contributed by atoms with Gasteiger partial charge in [0.25, 0.3) is 5.91 Å². The number of hydrogen-bond acceptors (Lipinski definition) is 6. The molecule has 3 heterocycles. The molecule has 2 N–H and O–H groups in total. The van der Waals surface area contributed by atoms with Crippen LogP contribution in [0.4, 0.5) is 5.13 Å². The summed E-state index contributed by atoms with van der Waals surface area (Å²) >= 11 is 1.45. The fraction of sp³-hybridized carbons (Fsp3) is 0.571. The van der Waals surface area contributed by atoms with E-state index in [1.54, 1.807) is 10.9 Å². The molecule has 1 fully saturated rings. The number of aromatic nitrogens is 4. The van der Waals surface area contributed by atoms with Gasteiger partial charge in [0, 0.05) is 18.8 Å². The Morgan fingerprint density at radius 3 is 2.87 bits per heavy atom. The summed E-state index contributed by atoms with van der Waals surface area (Å²) in [6.45, 7) is 3.69. The van der Waals surface area contributed by atoms with E-state index in [1.807, 2.05) is 12.3 Å². The van der Waals surface area contributed by atoms with Crippen molar-refractivity contribution in [1.29, 1.82) is 0 Å². The van der Waals surface area contributed by atoms with Crippen LogP contribution in [-0.4, -0.2) is 39.0 Å². The summed E-state index contributed by atoms with van der Waals surface area (Å²) in [5.41, 5.74) is -0.647. The van der Waals surface area contributed by atoms with Crippen LogP contribution in [-0.2, 0) is 16.8 Å². The molecule has 3 rings (SSSR count). The minimum absolute atomic E-state index is 0. The molecule has 7 nitrogen and oxygen atoms in total. The van der Waals surface area contributed by atoms with Gasteiger partial charge in [-0.3, -0.25) is 14.8 Å². The van der Waals surface area contributed by atoms with Gasteiger partial charge in [-0.1, -0.05) is 18.3 Å². The molecule has 0 unspecified atom stereocenters. The second kappa shape index (κ2) is 7.85. The number of carbonyl (C=O) groups is 1. The fourth-order valence-corrected chi connectivity index (χ4v) is 3.59. The Morgan fingerprint density at radius 1 is 1.43 bits per heavy atom. The monoisotopic (exact) mass is 356 g/mol. The maximum atomic E-state index is 12.9. The Labute approximate surface area is 145 Å². The third-order valence-corrected chi connectivity index (χ3v) is 4.85. The molecular weight excluding hydrogens is 336 g/mol. The summed E-state index contributed by atoms with van der Waals surface area (Å²) < 4.78 is 1.77. The molecule has 0 atom stereocenters. The van der Waals surface area contributed by atoms with E-state index in [4.69, 9.17) is 0 Å². The molecule has 1 amide bonds. The minimum Gasteiger partial charge on any atom is -0.317 e. The molecule has 1 aliphatic rings. The molecule has 126 valence electrons. The van der Waals surface area contributed by atoms with Gasteiger partial charge in [0.2, 0.25) is 5.13 Å². The highest BCUT2D eigenvalue weighted by atomic mass is 35.5. The largest absolute Gasteiger partial charge is 0.317 e. The predicted octanol–water partition coefficient (Wildman–Crippen LogP) is 1.83. The lowest BCUT2D eigenvalue weighted by molar-refractivity contribution is -0.126. The van der Waals surface area contributed by atoms with Crippen LogP contribution in [0.25, 0.3) is 0 Å². The van der Waals surface area contributed by atoms with Crippen LogP contribution in [0.1, 0.15) is 31.2 Å². The maximum Gasteiger partial charge on any atom is 0.254 e. The molecular formula is C14H21ClN6OS. The third kappa shape index (κ3) is 3.70. The van der Waals surface area contributed by atoms with Crippen molar-refractivity contribution in [3.8, 4) is 0 Å². The first-order chi connectivity index (χ1) is 10.7. The molecule has 1 aliphatic heterocycles. The molecule has 0 aliphatic carbocycles. The topological polar surface area (TPSA) is 84.7 Å². The lowest BCUT2D eigenvalue weighted by Crippen LogP contribution is -2.52. The number of nitrogens with zero attached hydrogens (tertiary/aromatic N) is 4. The highest BCUT2D eigenvalue weighted by Crippen LogP contribution is 2.29. The molecule has 9 heteroatoms. The second-order valence-electron chi connectivity index (χ2n) is 5.44. The maximum absolute atomic E-state index is 12.9. The Hall–Kier alpha value is -1.51. The number of nitrogens with one attached hydrogen (secondary N) is 2. The average Bonchev–Trinajstić information content (AvgIpc) is 3.20. The molecule has 0 spiro atoms. The summed E-state index contributed by atoms with van der Waals surface area (Å²) in [6, 6.07) is 1.85. The summed E-state index contributed by atoms with van der Waals surface area (Å²) in [5.74, 6) is -0.0584. The molecule has 0 saturated carbocycles. The molecule has 2 aromatic rings. The Morgan fingerprint density at radius 2 is 2.22 bits per heavy atom. The molecule has 1 saturated heterocycles. The predicted molar refractivity (Wildman–Crippen MR) is 92.1 cm³/mol. The van der Waals surface area contributed by atoms with E-state index in [0.29, 0.717) is 18.0 Å². The van der Waals surface area contributed by atoms with Crippen molar-refractivity contribution in [3.63, 3.8) is 0 Å². The van der Waals surface area contributed by atoms with Crippen molar-refractivity contribution in [2.75, 3.05) is 18.4 Å². The lowest BCUT2D eigenvalue weighted by atomic mass is 9.87. The van der Waals surface area contributed by atoms with Gasteiger partial charge >= 0.3 is 0 Å². The van der Waals surface area contributed by atoms with Crippen LogP contribution in [0.2, 0.25) is 0 Å². The summed E-state index contributed by atoms with van der Waals surface area (Å²) in [5, 5.41) is 20.2. The molecule has 0 radical (unpaired) electrons. The number of piperidine rings is 1. The van der Waals surface area contributed by atoms with Gasteiger partial charge < -0.3 is 5.32 Å². The number of amides is 1. The third-order valence-electron chi connectivity index (χ3n) is 3.95. The van der Waals surface area contributed by atoms with Gasteiger partial charge in [-0.15, -0.1) is 22.6 Å². The van der Waals surface area contributed by atoms with Gasteiger partial charge in [-0.2, -0.15) is 5.10 Å². The van der Waals surface area contributed by atoms with Crippen molar-refractivity contribution in [2.45, 2.75) is 38.1 Å². The fourth-order valence-electron chi connectivity index (χ4n) is 2.76. The van der Waals surface area contributed by atoms with E-state index in [0.717, 1.165) is 30.9 Å². The van der Waals surface area contributed by atoms with E-state index >= 15 is 0 Å². The van der Waals surface area contributed by atoms with Gasteiger partial charge in [0.15, 0.2) is 0 Å². The van der Waals surface area contributed by atoms with Crippen LogP contribution in [0, 0.1) is 0 Å². The Bertz CT molecular complexity index is 623. The van der Waals surface area contributed by atoms with Gasteiger partial charge in [-0.05, 0) is 38.4 Å². The van der Waals surface area contributed by atoms with E-state index in [1.165, 1.54) is 11.3 Å². The van der Waals surface area contributed by atoms with Crippen LogP contribution in [0.5, 0.6) is 0 Å². The zero-order chi connectivity index (χ0) is 15.4. The van der Waals surface area contributed by atoms with Crippen LogP contribution < -0.4 is 10.6 Å². The molecule has 0 bridgehead atoms. The highest BCUT2D eigenvalue weighted by molar-refractivity contribution is 7.15. The number of rotatable bonds is 5. The first kappa shape index (κ1) is 17.8. The van der Waals surface area contributed by atoms with Crippen LogP contribution in [0.3, 0.4) is 0 Å². The van der Waals surface area contributed by atoms with E-state index < -0.39 is 5.54 Å². The van der Waals surface area contributed by atoms with E-state index in [2.05, 4.69) is 32.9 Å². The normalized spacial score (nSPS) is 16.6. The van der Waals surface area contributed by atoms with Gasteiger partial charge in [-0.25, -0.2) is 0 Å². The first-order valence-electron chi connectivity index (χ1n) is 7.59. The van der Waals surface area contributed by atoms with Crippen LogP contribution in [0.15, 0.2) is 18.5 Å². The highest BCUT2D eigenvalue weighted by Gasteiger charge is 2.42. The van der Waals surface area contributed by atoms with Crippen molar-refractivity contribution in [2.24, 2.45) is 0 Å². The number of aryl methyl sites for hydroxylation is 1. The zero-order valence-electron chi connectivity index (χ0n) is 13.0. The van der Waals surface area contributed by atoms with Crippen molar-refractivity contribution in [3.05, 3.63) is 23.5 Å². The number of carbonyl (C=O) groups excluding carboxylic acids is 1. The summed E-state index contributed by atoms with van der Waals surface area (Å²) in [6.07, 6.45) is 6.89. The number of halogens is 1. The lowest BCUT2D eigenvalue weighted by Gasteiger charge is -2.36. The average molecular weight is 357 g/mol. The van der Waals surface area contributed by atoms with E-state index in [-0.39, 0.29) is 18.3 Å². The SMILES string of the molecule is CCCc1nnc(NC(=O)C2(n3cccn3)CCNCC2)s1.Cl. The quantitative estimate of drug-likeness (QED) is 0.853.